The van der Waals surface area contributed by atoms with Gasteiger partial charge in [-0.15, -0.1) is 6.42 Å². The molecule has 0 aromatic heterocycles. The molecule has 0 fully saturated rings. The number of benzene rings is 1. The van der Waals surface area contributed by atoms with Crippen LogP contribution >= 0.6 is 0 Å². The van der Waals surface area contributed by atoms with Crippen molar-refractivity contribution in [1.82, 2.24) is 0 Å². The maximum Gasteiger partial charge on any atom is 0.331 e. The summed E-state index contributed by atoms with van der Waals surface area (Å²) in [4.78, 5) is 11.0. The Morgan fingerprint density at radius 2 is 2.14 bits per heavy atom. The van der Waals surface area contributed by atoms with Crippen LogP contribution in [0.3, 0.4) is 0 Å². The summed E-state index contributed by atoms with van der Waals surface area (Å²) in [6.45, 7) is 0.272. The van der Waals surface area contributed by atoms with Gasteiger partial charge in [0.15, 0.2) is 0 Å². The van der Waals surface area contributed by atoms with Crippen LogP contribution in [0.15, 0.2) is 42.5 Å². The average molecular weight is 186 g/mol. The van der Waals surface area contributed by atoms with Crippen molar-refractivity contribution in [3.05, 3.63) is 48.0 Å². The fourth-order valence-electron chi connectivity index (χ4n) is 0.893. The van der Waals surface area contributed by atoms with Gasteiger partial charge in [0, 0.05) is 6.08 Å². The zero-order valence-corrected chi connectivity index (χ0v) is 7.64. The van der Waals surface area contributed by atoms with E-state index >= 15 is 0 Å². The topological polar surface area (TPSA) is 26.3 Å². The Balaban J connectivity index is 2.39. The predicted octanol–water partition coefficient (Wildman–Crippen LogP) is 1.92. The van der Waals surface area contributed by atoms with Crippen LogP contribution in [0.5, 0.6) is 0 Å². The number of ether oxygens (including phenoxy) is 1. The van der Waals surface area contributed by atoms with Crippen molar-refractivity contribution in [2.45, 2.75) is 6.61 Å². The Morgan fingerprint density at radius 1 is 1.43 bits per heavy atom. The molecule has 1 aromatic carbocycles. The molecule has 0 aliphatic rings. The Labute approximate surface area is 83.2 Å². The Kier molecular flexibility index (Phi) is 4.03. The van der Waals surface area contributed by atoms with E-state index in [9.17, 15) is 4.79 Å². The number of carbonyl (C=O) groups excluding carboxylic acids is 1. The lowest BCUT2D eigenvalue weighted by Crippen LogP contribution is -2.00. The van der Waals surface area contributed by atoms with Crippen molar-refractivity contribution in [2.24, 2.45) is 0 Å². The van der Waals surface area contributed by atoms with Crippen molar-refractivity contribution < 1.29 is 9.53 Å². The molecule has 2 nitrogen and oxygen atoms in total. The molecule has 0 atom stereocenters. The quantitative estimate of drug-likeness (QED) is 0.409. The second-order valence-corrected chi connectivity index (χ2v) is 2.59. The largest absolute Gasteiger partial charge is 0.458 e. The van der Waals surface area contributed by atoms with E-state index in [0.717, 1.165) is 5.56 Å². The lowest BCUT2D eigenvalue weighted by Gasteiger charge is -2.00. The standard InChI is InChI=1S/C12H10O2/c1-2-3-9-12(13)14-10-11-7-5-4-6-8-11/h1,3-9H,10H2/b9-3-. The third-order valence-corrected chi connectivity index (χ3v) is 1.54. The smallest absolute Gasteiger partial charge is 0.331 e. The van der Waals surface area contributed by atoms with Crippen molar-refractivity contribution >= 4 is 5.97 Å². The van der Waals surface area contributed by atoms with Gasteiger partial charge in [0.25, 0.3) is 0 Å². The second-order valence-electron chi connectivity index (χ2n) is 2.59. The van der Waals surface area contributed by atoms with E-state index in [1.54, 1.807) is 0 Å². The summed E-state index contributed by atoms with van der Waals surface area (Å²) in [7, 11) is 0. The molecule has 2 heteroatoms. The first-order chi connectivity index (χ1) is 6.83. The normalized spacial score (nSPS) is 9.64. The summed E-state index contributed by atoms with van der Waals surface area (Å²) in [6, 6.07) is 9.46. The average Bonchev–Trinajstić information content (AvgIpc) is 2.25. The first-order valence-electron chi connectivity index (χ1n) is 4.16. The lowest BCUT2D eigenvalue weighted by molar-refractivity contribution is -0.139. The third kappa shape index (κ3) is 3.59. The van der Waals surface area contributed by atoms with Gasteiger partial charge in [0.1, 0.15) is 6.61 Å². The molecule has 1 rings (SSSR count). The third-order valence-electron chi connectivity index (χ3n) is 1.54. The van der Waals surface area contributed by atoms with E-state index in [4.69, 9.17) is 11.2 Å². The molecular formula is C12H10O2. The molecule has 0 radical (unpaired) electrons. The van der Waals surface area contributed by atoms with Crippen molar-refractivity contribution in [3.8, 4) is 12.3 Å². The molecule has 1 aromatic rings. The molecule has 0 N–H and O–H groups in total. The maximum atomic E-state index is 11.0. The van der Waals surface area contributed by atoms with E-state index in [0.29, 0.717) is 0 Å². The van der Waals surface area contributed by atoms with Gasteiger partial charge >= 0.3 is 5.97 Å². The van der Waals surface area contributed by atoms with Gasteiger partial charge in [-0.2, -0.15) is 0 Å². The molecular weight excluding hydrogens is 176 g/mol. The van der Waals surface area contributed by atoms with Crippen LogP contribution in [-0.4, -0.2) is 5.97 Å². The second kappa shape index (κ2) is 5.60. The summed E-state index contributed by atoms with van der Waals surface area (Å²) >= 11 is 0. The fraction of sp³-hybridized carbons (Fsp3) is 0.0833. The molecule has 70 valence electrons. The van der Waals surface area contributed by atoms with Crippen LogP contribution in [0.25, 0.3) is 0 Å². The minimum absolute atomic E-state index is 0.272. The maximum absolute atomic E-state index is 11.0. The fourth-order valence-corrected chi connectivity index (χ4v) is 0.893. The van der Waals surface area contributed by atoms with Gasteiger partial charge in [-0.3, -0.25) is 0 Å². The number of terminal acetylenes is 1. The van der Waals surface area contributed by atoms with Gasteiger partial charge in [-0.1, -0.05) is 36.3 Å². The predicted molar refractivity (Wildman–Crippen MR) is 54.2 cm³/mol. The highest BCUT2D eigenvalue weighted by Crippen LogP contribution is 2.00. The monoisotopic (exact) mass is 186 g/mol. The van der Waals surface area contributed by atoms with Gasteiger partial charge < -0.3 is 4.74 Å². The van der Waals surface area contributed by atoms with Crippen LogP contribution in [0.4, 0.5) is 0 Å². The zero-order valence-electron chi connectivity index (χ0n) is 7.64. The first kappa shape index (κ1) is 10.1. The Hall–Kier alpha value is -2.01. The summed E-state index contributed by atoms with van der Waals surface area (Å²) in [6.07, 6.45) is 7.48. The Bertz CT molecular complexity index is 358. The SMILES string of the molecule is C#C/C=C\C(=O)OCc1ccccc1. The molecule has 0 amide bonds. The molecule has 0 heterocycles. The molecule has 0 aliphatic heterocycles. The molecule has 14 heavy (non-hydrogen) atoms. The van der Waals surface area contributed by atoms with Gasteiger partial charge in [-0.25, -0.2) is 4.79 Å². The number of esters is 1. The van der Waals surface area contributed by atoms with Gasteiger partial charge in [0.2, 0.25) is 0 Å². The van der Waals surface area contributed by atoms with Gasteiger partial charge in [-0.05, 0) is 11.6 Å². The highest BCUT2D eigenvalue weighted by Gasteiger charge is 1.96. The van der Waals surface area contributed by atoms with Crippen molar-refractivity contribution in [3.63, 3.8) is 0 Å². The Morgan fingerprint density at radius 3 is 2.79 bits per heavy atom. The van der Waals surface area contributed by atoms with Crippen LogP contribution in [0, 0.1) is 12.3 Å². The van der Waals surface area contributed by atoms with E-state index in [-0.39, 0.29) is 6.61 Å². The van der Waals surface area contributed by atoms with Crippen molar-refractivity contribution in [1.29, 1.82) is 0 Å². The molecule has 0 saturated heterocycles. The molecule has 0 unspecified atom stereocenters. The number of carbonyl (C=O) groups is 1. The van der Waals surface area contributed by atoms with E-state index < -0.39 is 5.97 Å². The summed E-state index contributed by atoms with van der Waals surface area (Å²) < 4.78 is 4.91. The number of hydrogen-bond donors (Lipinski definition) is 0. The first-order valence-corrected chi connectivity index (χ1v) is 4.16. The number of allylic oxidation sites excluding steroid dienone is 1. The van der Waals surface area contributed by atoms with E-state index in [2.05, 4.69) is 5.92 Å². The summed E-state index contributed by atoms with van der Waals surface area (Å²) in [5.41, 5.74) is 0.954. The van der Waals surface area contributed by atoms with Crippen LogP contribution in [0.1, 0.15) is 5.56 Å². The molecule has 0 bridgehead atoms. The summed E-state index contributed by atoms with van der Waals surface area (Å²) in [5, 5.41) is 0. The van der Waals surface area contributed by atoms with Gasteiger partial charge in [0.05, 0.1) is 0 Å². The minimum atomic E-state index is -0.424. The highest BCUT2D eigenvalue weighted by molar-refractivity contribution is 5.82. The van der Waals surface area contributed by atoms with Crippen molar-refractivity contribution in [2.75, 3.05) is 0 Å². The number of hydrogen-bond acceptors (Lipinski definition) is 2. The van der Waals surface area contributed by atoms with E-state index in [1.165, 1.54) is 12.2 Å². The number of rotatable bonds is 3. The molecule has 0 saturated carbocycles. The van der Waals surface area contributed by atoms with Crippen LogP contribution in [-0.2, 0) is 16.1 Å². The van der Waals surface area contributed by atoms with Crippen LogP contribution in [0.2, 0.25) is 0 Å². The minimum Gasteiger partial charge on any atom is -0.458 e. The molecule has 0 spiro atoms. The zero-order chi connectivity index (χ0) is 10.2. The summed E-state index contributed by atoms with van der Waals surface area (Å²) in [5.74, 6) is 1.79. The molecule has 0 aliphatic carbocycles. The highest BCUT2D eigenvalue weighted by atomic mass is 16.5. The van der Waals surface area contributed by atoms with Crippen LogP contribution < -0.4 is 0 Å². The van der Waals surface area contributed by atoms with E-state index in [1.807, 2.05) is 30.3 Å². The lowest BCUT2D eigenvalue weighted by atomic mass is 10.2.